The highest BCUT2D eigenvalue weighted by Crippen LogP contribution is 2.34. The van der Waals surface area contributed by atoms with Crippen LogP contribution in [-0.4, -0.2) is 27.7 Å². The van der Waals surface area contributed by atoms with Crippen LogP contribution in [0.1, 0.15) is 48.9 Å². The van der Waals surface area contributed by atoms with E-state index in [9.17, 15) is 13.2 Å². The van der Waals surface area contributed by atoms with Gasteiger partial charge >= 0.3 is 0 Å². The number of nitrogens with one attached hydrogen (secondary N) is 2. The molecule has 2 N–H and O–H groups in total. The molecule has 30 heavy (non-hydrogen) atoms. The van der Waals surface area contributed by atoms with Gasteiger partial charge in [-0.15, -0.1) is 0 Å². The molecule has 1 atom stereocenters. The van der Waals surface area contributed by atoms with E-state index in [2.05, 4.69) is 10.0 Å². The van der Waals surface area contributed by atoms with Crippen LogP contribution in [0.25, 0.3) is 0 Å². The summed E-state index contributed by atoms with van der Waals surface area (Å²) < 4.78 is 38.4. The first-order valence-corrected chi connectivity index (χ1v) is 11.7. The van der Waals surface area contributed by atoms with E-state index >= 15 is 0 Å². The van der Waals surface area contributed by atoms with Crippen molar-refractivity contribution in [3.05, 3.63) is 53.1 Å². The zero-order chi connectivity index (χ0) is 21.1. The Bertz CT molecular complexity index is 1050. The van der Waals surface area contributed by atoms with Crippen molar-refractivity contribution in [2.45, 2.75) is 50.0 Å². The highest BCUT2D eigenvalue weighted by Gasteiger charge is 2.19. The van der Waals surface area contributed by atoms with Crippen LogP contribution in [0.3, 0.4) is 0 Å². The SMILES string of the molecule is CC(NC(=O)CCNS(=O)(=O)c1ccc2c(c1)CCCC2)c1ccc2c(c1)OCO2. The zero-order valence-corrected chi connectivity index (χ0v) is 17.8. The Morgan fingerprint density at radius 2 is 1.80 bits per heavy atom. The van der Waals surface area contributed by atoms with Crippen molar-refractivity contribution >= 4 is 15.9 Å². The predicted molar refractivity (Wildman–Crippen MR) is 112 cm³/mol. The number of aryl methyl sites for hydroxylation is 2. The van der Waals surface area contributed by atoms with E-state index in [1.165, 1.54) is 5.56 Å². The smallest absolute Gasteiger partial charge is 0.240 e. The molecule has 2 aromatic rings. The average Bonchev–Trinajstić information content (AvgIpc) is 3.21. The van der Waals surface area contributed by atoms with E-state index in [-0.39, 0.29) is 36.6 Å². The lowest BCUT2D eigenvalue weighted by atomic mass is 9.92. The summed E-state index contributed by atoms with van der Waals surface area (Å²) in [6.07, 6.45) is 4.21. The number of amides is 1. The Morgan fingerprint density at radius 3 is 2.63 bits per heavy atom. The highest BCUT2D eigenvalue weighted by atomic mass is 32.2. The van der Waals surface area contributed by atoms with Gasteiger partial charge in [-0.2, -0.15) is 0 Å². The second-order valence-electron chi connectivity index (χ2n) is 7.69. The molecule has 0 aromatic heterocycles. The number of hydrogen-bond acceptors (Lipinski definition) is 5. The number of hydrogen-bond donors (Lipinski definition) is 2. The van der Waals surface area contributed by atoms with Gasteiger partial charge in [0.15, 0.2) is 11.5 Å². The zero-order valence-electron chi connectivity index (χ0n) is 16.9. The molecule has 2 aromatic carbocycles. The number of fused-ring (bicyclic) bond motifs is 2. The Labute approximate surface area is 176 Å². The third-order valence-corrected chi connectivity index (χ3v) is 7.01. The van der Waals surface area contributed by atoms with Gasteiger partial charge in [-0.25, -0.2) is 13.1 Å². The summed E-state index contributed by atoms with van der Waals surface area (Å²) in [5.41, 5.74) is 3.23. The Morgan fingerprint density at radius 1 is 1.03 bits per heavy atom. The third kappa shape index (κ3) is 4.60. The van der Waals surface area contributed by atoms with Crippen LogP contribution >= 0.6 is 0 Å². The number of sulfonamides is 1. The number of carbonyl (C=O) groups excluding carboxylic acids is 1. The third-order valence-electron chi connectivity index (χ3n) is 5.55. The second kappa shape index (κ2) is 8.65. The van der Waals surface area contributed by atoms with Gasteiger partial charge in [-0.3, -0.25) is 4.79 Å². The standard InChI is InChI=1S/C22H26N2O5S/c1-15(17-7-9-20-21(13-17)29-14-28-20)24-22(25)10-11-23-30(26,27)19-8-6-16-4-2-3-5-18(16)12-19/h6-9,12-13,15,23H,2-5,10-11,14H2,1H3,(H,24,25). The molecule has 0 bridgehead atoms. The Kier molecular flexibility index (Phi) is 5.97. The summed E-state index contributed by atoms with van der Waals surface area (Å²) in [5.74, 6) is 1.12. The Hall–Kier alpha value is -2.58. The van der Waals surface area contributed by atoms with Crippen molar-refractivity contribution in [2.24, 2.45) is 0 Å². The summed E-state index contributed by atoms with van der Waals surface area (Å²) in [6, 6.07) is 10.6. The van der Waals surface area contributed by atoms with Crippen LogP contribution in [0.2, 0.25) is 0 Å². The van der Waals surface area contributed by atoms with Gasteiger partial charge < -0.3 is 14.8 Å². The fraction of sp³-hybridized carbons (Fsp3) is 0.409. The van der Waals surface area contributed by atoms with Gasteiger partial charge in [0, 0.05) is 13.0 Å². The summed E-state index contributed by atoms with van der Waals surface area (Å²) in [6.45, 7) is 2.11. The van der Waals surface area contributed by atoms with E-state index in [0.717, 1.165) is 36.8 Å². The summed E-state index contributed by atoms with van der Waals surface area (Å²) in [7, 11) is -3.64. The highest BCUT2D eigenvalue weighted by molar-refractivity contribution is 7.89. The molecule has 0 saturated heterocycles. The molecule has 1 amide bonds. The van der Waals surface area contributed by atoms with Gasteiger partial charge in [-0.1, -0.05) is 12.1 Å². The van der Waals surface area contributed by atoms with E-state index in [1.807, 2.05) is 31.2 Å². The number of rotatable bonds is 7. The van der Waals surface area contributed by atoms with Gasteiger partial charge in [0.2, 0.25) is 22.7 Å². The largest absolute Gasteiger partial charge is 0.454 e. The molecule has 1 unspecified atom stereocenters. The second-order valence-corrected chi connectivity index (χ2v) is 9.45. The van der Waals surface area contributed by atoms with Gasteiger partial charge in [0.25, 0.3) is 0 Å². The maximum absolute atomic E-state index is 12.6. The first-order valence-electron chi connectivity index (χ1n) is 10.2. The molecule has 4 rings (SSSR count). The quantitative estimate of drug-likeness (QED) is 0.705. The topological polar surface area (TPSA) is 93.7 Å². The first kappa shape index (κ1) is 20.7. The molecule has 0 fully saturated rings. The fourth-order valence-corrected chi connectivity index (χ4v) is 4.92. The van der Waals surface area contributed by atoms with Crippen molar-refractivity contribution in [1.29, 1.82) is 0 Å². The molecule has 1 heterocycles. The number of carbonyl (C=O) groups is 1. The van der Waals surface area contributed by atoms with E-state index in [4.69, 9.17) is 9.47 Å². The van der Waals surface area contributed by atoms with Crippen molar-refractivity contribution in [1.82, 2.24) is 10.0 Å². The van der Waals surface area contributed by atoms with Gasteiger partial charge in [0.1, 0.15) is 0 Å². The minimum absolute atomic E-state index is 0.0408. The van der Waals surface area contributed by atoms with Crippen LogP contribution in [0, 0.1) is 0 Å². The van der Waals surface area contributed by atoms with Crippen LogP contribution < -0.4 is 19.5 Å². The lowest BCUT2D eigenvalue weighted by Crippen LogP contribution is -2.32. The molecule has 0 saturated carbocycles. The minimum Gasteiger partial charge on any atom is -0.454 e. The monoisotopic (exact) mass is 430 g/mol. The van der Waals surface area contributed by atoms with Crippen molar-refractivity contribution < 1.29 is 22.7 Å². The summed E-state index contributed by atoms with van der Waals surface area (Å²) >= 11 is 0. The summed E-state index contributed by atoms with van der Waals surface area (Å²) in [5, 5.41) is 2.88. The molecule has 7 nitrogen and oxygen atoms in total. The van der Waals surface area contributed by atoms with E-state index < -0.39 is 10.0 Å². The van der Waals surface area contributed by atoms with Gasteiger partial charge in [0.05, 0.1) is 10.9 Å². The van der Waals surface area contributed by atoms with Crippen LogP contribution in [0.4, 0.5) is 0 Å². The van der Waals surface area contributed by atoms with Crippen LogP contribution in [0.5, 0.6) is 11.5 Å². The van der Waals surface area contributed by atoms with Crippen molar-refractivity contribution in [2.75, 3.05) is 13.3 Å². The maximum Gasteiger partial charge on any atom is 0.240 e. The maximum atomic E-state index is 12.6. The summed E-state index contributed by atoms with van der Waals surface area (Å²) in [4.78, 5) is 12.5. The molecule has 2 aliphatic rings. The predicted octanol–water partition coefficient (Wildman–Crippen LogP) is 2.84. The molecular formula is C22H26N2O5S. The molecule has 1 aliphatic heterocycles. The minimum atomic E-state index is -3.64. The molecule has 0 spiro atoms. The van der Waals surface area contributed by atoms with Crippen LogP contribution in [-0.2, 0) is 27.7 Å². The molecular weight excluding hydrogens is 404 g/mol. The average molecular weight is 431 g/mol. The molecule has 8 heteroatoms. The first-order chi connectivity index (χ1) is 14.4. The van der Waals surface area contributed by atoms with Crippen molar-refractivity contribution in [3.8, 4) is 11.5 Å². The lowest BCUT2D eigenvalue weighted by Gasteiger charge is -2.17. The fourth-order valence-electron chi connectivity index (χ4n) is 3.84. The van der Waals surface area contributed by atoms with E-state index in [1.54, 1.807) is 12.1 Å². The molecule has 160 valence electrons. The number of benzene rings is 2. The lowest BCUT2D eigenvalue weighted by molar-refractivity contribution is -0.121. The van der Waals surface area contributed by atoms with Gasteiger partial charge in [-0.05, 0) is 73.6 Å². The van der Waals surface area contributed by atoms with Crippen molar-refractivity contribution in [3.63, 3.8) is 0 Å². The molecule has 1 aliphatic carbocycles. The normalized spacial score (nSPS) is 16.0. The molecule has 0 radical (unpaired) electrons. The van der Waals surface area contributed by atoms with Crippen LogP contribution in [0.15, 0.2) is 41.3 Å². The Balaban J connectivity index is 1.29. The number of ether oxygens (including phenoxy) is 2. The van der Waals surface area contributed by atoms with E-state index in [0.29, 0.717) is 11.5 Å².